The Kier molecular flexibility index (Phi) is 2.59. The van der Waals surface area contributed by atoms with Gasteiger partial charge in [0.05, 0.1) is 0 Å². The van der Waals surface area contributed by atoms with Crippen LogP contribution in [-0.2, 0) is 17.8 Å². The maximum absolute atomic E-state index is 11.8. The second-order valence-electron chi connectivity index (χ2n) is 4.03. The molecule has 1 aromatic heterocycles. The van der Waals surface area contributed by atoms with Crippen LogP contribution >= 0.6 is 11.3 Å². The molecule has 0 saturated heterocycles. The summed E-state index contributed by atoms with van der Waals surface area (Å²) in [5.74, 6) is 0.400. The zero-order chi connectivity index (χ0) is 10.1. The van der Waals surface area contributed by atoms with Crippen LogP contribution in [0, 0.1) is 5.92 Å². The summed E-state index contributed by atoms with van der Waals surface area (Å²) in [6, 6.07) is 2.14. The molecule has 1 aromatic rings. The highest BCUT2D eigenvalue weighted by Crippen LogP contribution is 2.24. The van der Waals surface area contributed by atoms with E-state index in [-0.39, 0.29) is 11.8 Å². The van der Waals surface area contributed by atoms with Gasteiger partial charge in [-0.1, -0.05) is 13.8 Å². The van der Waals surface area contributed by atoms with Gasteiger partial charge in [-0.05, 0) is 23.4 Å². The van der Waals surface area contributed by atoms with Crippen LogP contribution in [0.25, 0.3) is 0 Å². The second kappa shape index (κ2) is 3.73. The molecule has 1 amide bonds. The standard InChI is InChI=1S/C11H15NOS/c1-8(2)11(13)12-5-3-10-9(7-12)4-6-14-10/h4,6,8H,3,5,7H2,1-2H3. The maximum Gasteiger partial charge on any atom is 0.225 e. The van der Waals surface area contributed by atoms with E-state index in [0.717, 1.165) is 19.5 Å². The molecule has 1 aliphatic heterocycles. The summed E-state index contributed by atoms with van der Waals surface area (Å²) in [4.78, 5) is 15.2. The number of amides is 1. The minimum Gasteiger partial charge on any atom is -0.338 e. The minimum atomic E-state index is 0.121. The molecule has 2 heterocycles. The van der Waals surface area contributed by atoms with E-state index in [2.05, 4.69) is 11.4 Å². The zero-order valence-corrected chi connectivity index (χ0v) is 9.43. The highest BCUT2D eigenvalue weighted by Gasteiger charge is 2.22. The van der Waals surface area contributed by atoms with Crippen molar-refractivity contribution in [1.82, 2.24) is 4.90 Å². The Balaban J connectivity index is 2.11. The fourth-order valence-corrected chi connectivity index (χ4v) is 2.69. The predicted octanol–water partition coefficient (Wildman–Crippen LogP) is 2.29. The van der Waals surface area contributed by atoms with Gasteiger partial charge in [0.25, 0.3) is 0 Å². The summed E-state index contributed by atoms with van der Waals surface area (Å²) in [5, 5.41) is 2.12. The molecular formula is C11H15NOS. The number of nitrogens with zero attached hydrogens (tertiary/aromatic N) is 1. The maximum atomic E-state index is 11.8. The third kappa shape index (κ3) is 1.69. The van der Waals surface area contributed by atoms with Gasteiger partial charge in [-0.2, -0.15) is 0 Å². The summed E-state index contributed by atoms with van der Waals surface area (Å²) in [6.07, 6.45) is 1.03. The summed E-state index contributed by atoms with van der Waals surface area (Å²) >= 11 is 1.81. The van der Waals surface area contributed by atoms with Crippen molar-refractivity contribution in [2.75, 3.05) is 6.54 Å². The van der Waals surface area contributed by atoms with Crippen LogP contribution in [0.2, 0.25) is 0 Å². The van der Waals surface area contributed by atoms with Crippen LogP contribution in [-0.4, -0.2) is 17.4 Å². The number of hydrogen-bond donors (Lipinski definition) is 0. The molecule has 14 heavy (non-hydrogen) atoms. The molecule has 0 radical (unpaired) electrons. The van der Waals surface area contributed by atoms with E-state index in [1.165, 1.54) is 10.4 Å². The molecule has 0 aliphatic carbocycles. The quantitative estimate of drug-likeness (QED) is 0.695. The molecule has 3 heteroatoms. The van der Waals surface area contributed by atoms with Gasteiger partial charge in [-0.15, -0.1) is 11.3 Å². The van der Waals surface area contributed by atoms with Crippen LogP contribution < -0.4 is 0 Å². The summed E-state index contributed by atoms with van der Waals surface area (Å²) < 4.78 is 0. The molecule has 0 bridgehead atoms. The van der Waals surface area contributed by atoms with E-state index in [1.54, 1.807) is 0 Å². The number of fused-ring (bicyclic) bond motifs is 1. The van der Waals surface area contributed by atoms with Gasteiger partial charge >= 0.3 is 0 Å². The minimum absolute atomic E-state index is 0.121. The highest BCUT2D eigenvalue weighted by molar-refractivity contribution is 7.10. The van der Waals surface area contributed by atoms with E-state index in [9.17, 15) is 4.79 Å². The van der Waals surface area contributed by atoms with Gasteiger partial charge in [0, 0.05) is 23.9 Å². The van der Waals surface area contributed by atoms with E-state index >= 15 is 0 Å². The predicted molar refractivity (Wildman–Crippen MR) is 58.3 cm³/mol. The smallest absolute Gasteiger partial charge is 0.225 e. The molecular weight excluding hydrogens is 194 g/mol. The summed E-state index contributed by atoms with van der Waals surface area (Å²) in [7, 11) is 0. The lowest BCUT2D eigenvalue weighted by atomic mass is 10.1. The third-order valence-electron chi connectivity index (χ3n) is 2.61. The molecule has 0 fully saturated rings. The molecule has 0 saturated carbocycles. The number of rotatable bonds is 1. The first kappa shape index (κ1) is 9.71. The van der Waals surface area contributed by atoms with Gasteiger partial charge in [0.1, 0.15) is 0 Å². The topological polar surface area (TPSA) is 20.3 Å². The molecule has 0 N–H and O–H groups in total. The third-order valence-corrected chi connectivity index (χ3v) is 3.64. The van der Waals surface area contributed by atoms with Crippen molar-refractivity contribution >= 4 is 17.2 Å². The number of hydrogen-bond acceptors (Lipinski definition) is 2. The first-order valence-corrected chi connectivity index (χ1v) is 5.90. The molecule has 0 unspecified atom stereocenters. The van der Waals surface area contributed by atoms with Crippen molar-refractivity contribution in [3.63, 3.8) is 0 Å². The summed E-state index contributed by atoms with van der Waals surface area (Å²) in [5.41, 5.74) is 1.34. The number of carbonyl (C=O) groups is 1. The Morgan fingerprint density at radius 3 is 3.07 bits per heavy atom. The SMILES string of the molecule is CC(C)C(=O)N1CCc2sccc2C1. The molecule has 76 valence electrons. The summed E-state index contributed by atoms with van der Waals surface area (Å²) in [6.45, 7) is 5.64. The lowest BCUT2D eigenvalue weighted by Gasteiger charge is -2.28. The van der Waals surface area contributed by atoms with Crippen molar-refractivity contribution in [2.45, 2.75) is 26.8 Å². The van der Waals surface area contributed by atoms with Gasteiger partial charge in [0.15, 0.2) is 0 Å². The second-order valence-corrected chi connectivity index (χ2v) is 5.03. The highest BCUT2D eigenvalue weighted by atomic mass is 32.1. The van der Waals surface area contributed by atoms with E-state index < -0.39 is 0 Å². The van der Waals surface area contributed by atoms with Crippen LogP contribution in [0.15, 0.2) is 11.4 Å². The lowest BCUT2D eigenvalue weighted by molar-refractivity contribution is -0.135. The van der Waals surface area contributed by atoms with E-state index in [1.807, 2.05) is 30.1 Å². The lowest BCUT2D eigenvalue weighted by Crippen LogP contribution is -2.37. The molecule has 1 aliphatic rings. The molecule has 2 rings (SSSR count). The van der Waals surface area contributed by atoms with Crippen molar-refractivity contribution in [3.8, 4) is 0 Å². The van der Waals surface area contributed by atoms with E-state index in [4.69, 9.17) is 0 Å². The fraction of sp³-hybridized carbons (Fsp3) is 0.545. The van der Waals surface area contributed by atoms with Crippen molar-refractivity contribution in [2.24, 2.45) is 5.92 Å². The van der Waals surface area contributed by atoms with Crippen LogP contribution in [0.1, 0.15) is 24.3 Å². The number of carbonyl (C=O) groups excluding carboxylic acids is 1. The Hall–Kier alpha value is -0.830. The number of thiophene rings is 1. The van der Waals surface area contributed by atoms with E-state index in [0.29, 0.717) is 0 Å². The normalized spacial score (nSPS) is 15.8. The van der Waals surface area contributed by atoms with Gasteiger partial charge in [-0.3, -0.25) is 4.79 Å². The first-order valence-electron chi connectivity index (χ1n) is 5.02. The average Bonchev–Trinajstić information content (AvgIpc) is 2.62. The fourth-order valence-electron chi connectivity index (χ4n) is 1.80. The van der Waals surface area contributed by atoms with Gasteiger partial charge < -0.3 is 4.90 Å². The molecule has 0 aromatic carbocycles. The Morgan fingerprint density at radius 2 is 2.36 bits per heavy atom. The van der Waals surface area contributed by atoms with Gasteiger partial charge in [0.2, 0.25) is 5.91 Å². The largest absolute Gasteiger partial charge is 0.338 e. The van der Waals surface area contributed by atoms with Crippen LogP contribution in [0.4, 0.5) is 0 Å². The monoisotopic (exact) mass is 209 g/mol. The Labute approximate surface area is 88.5 Å². The van der Waals surface area contributed by atoms with Crippen molar-refractivity contribution in [3.05, 3.63) is 21.9 Å². The molecule has 0 spiro atoms. The Bertz CT molecular complexity index is 343. The average molecular weight is 209 g/mol. The first-order chi connectivity index (χ1) is 6.68. The van der Waals surface area contributed by atoms with Crippen molar-refractivity contribution in [1.29, 1.82) is 0 Å². The Morgan fingerprint density at radius 1 is 1.57 bits per heavy atom. The zero-order valence-electron chi connectivity index (χ0n) is 8.62. The molecule has 0 atom stereocenters. The van der Waals surface area contributed by atoms with Crippen LogP contribution in [0.5, 0.6) is 0 Å². The molecule has 2 nitrogen and oxygen atoms in total. The van der Waals surface area contributed by atoms with Crippen molar-refractivity contribution < 1.29 is 4.79 Å². The van der Waals surface area contributed by atoms with Crippen LogP contribution in [0.3, 0.4) is 0 Å². The van der Waals surface area contributed by atoms with Gasteiger partial charge in [-0.25, -0.2) is 0 Å².